The molecule has 0 unspecified atom stereocenters. The topological polar surface area (TPSA) is 97.8 Å². The average molecular weight is 538 g/mol. The smallest absolute Gasteiger partial charge is 0.162 e. The van der Waals surface area contributed by atoms with Crippen LogP contribution in [-0.4, -0.2) is 38.1 Å². The number of benzene rings is 3. The van der Waals surface area contributed by atoms with Crippen molar-refractivity contribution >= 4 is 16.6 Å². The van der Waals surface area contributed by atoms with Crippen LogP contribution in [0.15, 0.2) is 83.3 Å². The van der Waals surface area contributed by atoms with Crippen LogP contribution in [0, 0.1) is 16.7 Å². The van der Waals surface area contributed by atoms with Crippen molar-refractivity contribution in [2.75, 3.05) is 27.4 Å². The minimum atomic E-state index is -0.580. The molecule has 7 heteroatoms. The maximum absolute atomic E-state index is 13.7. The van der Waals surface area contributed by atoms with Gasteiger partial charge in [0.25, 0.3) is 0 Å². The SMILES string of the molecule is COCCN1C(N)=C(C#N)[C@H](c2ccc(OCc3cccc4ccccc34)c(OC)c2)C2=C1CC(C)(C)CC2=O. The van der Waals surface area contributed by atoms with Crippen LogP contribution in [0.2, 0.25) is 0 Å². The van der Waals surface area contributed by atoms with Crippen LogP contribution in [0.25, 0.3) is 10.8 Å². The van der Waals surface area contributed by atoms with Crippen molar-refractivity contribution in [3.63, 3.8) is 0 Å². The van der Waals surface area contributed by atoms with E-state index in [1.807, 2.05) is 41.3 Å². The van der Waals surface area contributed by atoms with Crippen molar-refractivity contribution in [3.8, 4) is 17.6 Å². The number of nitrogens with zero attached hydrogens (tertiary/aromatic N) is 2. The molecule has 1 heterocycles. The number of hydrogen-bond acceptors (Lipinski definition) is 7. The van der Waals surface area contributed by atoms with Gasteiger partial charge in [0.15, 0.2) is 17.3 Å². The molecule has 0 fully saturated rings. The van der Waals surface area contributed by atoms with Crippen molar-refractivity contribution in [2.24, 2.45) is 11.1 Å². The van der Waals surface area contributed by atoms with Crippen LogP contribution in [-0.2, 0) is 16.1 Å². The Morgan fingerprint density at radius 2 is 1.82 bits per heavy atom. The van der Waals surface area contributed by atoms with Gasteiger partial charge in [0.05, 0.1) is 31.3 Å². The molecule has 5 rings (SSSR count). The van der Waals surface area contributed by atoms with Crippen molar-refractivity contribution in [1.82, 2.24) is 4.90 Å². The van der Waals surface area contributed by atoms with Gasteiger partial charge in [0, 0.05) is 31.3 Å². The Kier molecular flexibility index (Phi) is 7.55. The summed E-state index contributed by atoms with van der Waals surface area (Å²) in [5, 5.41) is 12.5. The molecular formula is C33H35N3O4. The maximum atomic E-state index is 13.7. The van der Waals surface area contributed by atoms with Crippen LogP contribution >= 0.6 is 0 Å². The first-order chi connectivity index (χ1) is 19.3. The predicted molar refractivity (Wildman–Crippen MR) is 154 cm³/mol. The van der Waals surface area contributed by atoms with E-state index in [0.29, 0.717) is 61.1 Å². The van der Waals surface area contributed by atoms with Gasteiger partial charge in [-0.15, -0.1) is 0 Å². The van der Waals surface area contributed by atoms with Crippen LogP contribution in [0.4, 0.5) is 0 Å². The molecule has 0 saturated heterocycles. The van der Waals surface area contributed by atoms with Gasteiger partial charge in [-0.25, -0.2) is 0 Å². The first-order valence-electron chi connectivity index (χ1n) is 13.5. The minimum Gasteiger partial charge on any atom is -0.493 e. The van der Waals surface area contributed by atoms with Crippen molar-refractivity contribution in [1.29, 1.82) is 5.26 Å². The van der Waals surface area contributed by atoms with Gasteiger partial charge in [-0.2, -0.15) is 5.26 Å². The van der Waals surface area contributed by atoms with E-state index in [-0.39, 0.29) is 11.2 Å². The molecule has 2 aliphatic rings. The fraction of sp³-hybridized carbons (Fsp3) is 0.333. The quantitative estimate of drug-likeness (QED) is 0.387. The highest BCUT2D eigenvalue weighted by Crippen LogP contribution is 2.49. The summed E-state index contributed by atoms with van der Waals surface area (Å²) in [6.45, 7) is 5.43. The normalized spacial score (nSPS) is 18.5. The Bertz CT molecular complexity index is 1560. The molecule has 0 aromatic heterocycles. The highest BCUT2D eigenvalue weighted by atomic mass is 16.5. The van der Waals surface area contributed by atoms with Crippen molar-refractivity contribution in [3.05, 3.63) is 94.5 Å². The average Bonchev–Trinajstić information content (AvgIpc) is 2.94. The standard InChI is InChI=1S/C33H35N3O4/c1-33(2)17-26-31(27(37)18-33)30(25(19-34)32(35)36(26)14-15-38-3)22-12-13-28(29(16-22)39-4)40-20-23-10-7-9-21-8-5-6-11-24(21)23/h5-13,16,30H,14-15,17-18,20,35H2,1-4H3/t30-/m0/s1. The molecule has 0 radical (unpaired) electrons. The molecule has 1 aliphatic heterocycles. The number of hydrogen-bond donors (Lipinski definition) is 1. The van der Waals surface area contributed by atoms with E-state index in [4.69, 9.17) is 19.9 Å². The van der Waals surface area contributed by atoms with Crippen LogP contribution in [0.3, 0.4) is 0 Å². The van der Waals surface area contributed by atoms with Gasteiger partial charge in [-0.1, -0.05) is 62.4 Å². The Balaban J connectivity index is 1.53. The van der Waals surface area contributed by atoms with E-state index in [0.717, 1.165) is 27.6 Å². The number of nitriles is 1. The minimum absolute atomic E-state index is 0.0363. The monoisotopic (exact) mass is 537 g/mol. The summed E-state index contributed by atoms with van der Waals surface area (Å²) < 4.78 is 17.3. The van der Waals surface area contributed by atoms with E-state index >= 15 is 0 Å². The second-order valence-corrected chi connectivity index (χ2v) is 11.1. The van der Waals surface area contributed by atoms with Gasteiger partial charge >= 0.3 is 0 Å². The molecule has 7 nitrogen and oxygen atoms in total. The summed E-state index contributed by atoms with van der Waals surface area (Å²) in [6, 6.07) is 22.3. The molecule has 2 N–H and O–H groups in total. The molecule has 0 spiro atoms. The predicted octanol–water partition coefficient (Wildman–Crippen LogP) is 5.81. The zero-order valence-electron chi connectivity index (χ0n) is 23.5. The molecule has 3 aromatic rings. The van der Waals surface area contributed by atoms with Gasteiger partial charge in [0.1, 0.15) is 12.4 Å². The molecule has 0 saturated carbocycles. The number of rotatable bonds is 8. The van der Waals surface area contributed by atoms with Gasteiger partial charge in [-0.3, -0.25) is 4.79 Å². The maximum Gasteiger partial charge on any atom is 0.162 e. The lowest BCUT2D eigenvalue weighted by molar-refractivity contribution is -0.118. The highest BCUT2D eigenvalue weighted by molar-refractivity contribution is 6.00. The second kappa shape index (κ2) is 11.1. The lowest BCUT2D eigenvalue weighted by Crippen LogP contribution is -2.43. The Labute approximate surface area is 235 Å². The van der Waals surface area contributed by atoms with Gasteiger partial charge in [-0.05, 0) is 45.9 Å². The summed E-state index contributed by atoms with van der Waals surface area (Å²) >= 11 is 0. The number of ether oxygens (including phenoxy) is 3. The number of methoxy groups -OCH3 is 2. The molecule has 3 aromatic carbocycles. The van der Waals surface area contributed by atoms with Crippen molar-refractivity contribution < 1.29 is 19.0 Å². The first kappa shape index (κ1) is 27.3. The number of ketones is 1. The number of fused-ring (bicyclic) bond motifs is 1. The summed E-state index contributed by atoms with van der Waals surface area (Å²) in [5.41, 5.74) is 10.1. The molecule has 40 heavy (non-hydrogen) atoms. The molecule has 0 amide bonds. The molecule has 1 aliphatic carbocycles. The number of nitrogens with two attached hydrogens (primary N) is 1. The molecule has 1 atom stereocenters. The zero-order chi connectivity index (χ0) is 28.4. The first-order valence-corrected chi connectivity index (χ1v) is 13.5. The lowest BCUT2D eigenvalue weighted by Gasteiger charge is -2.43. The molecule has 0 bridgehead atoms. The van der Waals surface area contributed by atoms with Crippen LogP contribution < -0.4 is 15.2 Å². The fourth-order valence-electron chi connectivity index (χ4n) is 5.90. The Morgan fingerprint density at radius 3 is 2.58 bits per heavy atom. The Morgan fingerprint density at radius 1 is 1.05 bits per heavy atom. The molecular weight excluding hydrogens is 502 g/mol. The number of allylic oxidation sites excluding steroid dienone is 3. The summed E-state index contributed by atoms with van der Waals surface area (Å²) in [4.78, 5) is 15.6. The Hall–Kier alpha value is -4.28. The van der Waals surface area contributed by atoms with E-state index in [9.17, 15) is 10.1 Å². The largest absolute Gasteiger partial charge is 0.493 e. The summed E-state index contributed by atoms with van der Waals surface area (Å²) in [6.07, 6.45) is 1.08. The van der Waals surface area contributed by atoms with E-state index in [2.05, 4.69) is 44.2 Å². The number of Topliss-reactive ketones (excluding diaryl/α,β-unsaturated/α-hetero) is 1. The lowest BCUT2D eigenvalue weighted by atomic mass is 9.68. The second-order valence-electron chi connectivity index (χ2n) is 11.1. The summed E-state index contributed by atoms with van der Waals surface area (Å²) in [5.74, 6) is 0.931. The third-order valence-electron chi connectivity index (χ3n) is 7.79. The third-order valence-corrected chi connectivity index (χ3v) is 7.79. The number of carbonyl (C=O) groups is 1. The third kappa shape index (κ3) is 5.03. The van der Waals surface area contributed by atoms with E-state index < -0.39 is 5.92 Å². The van der Waals surface area contributed by atoms with Gasteiger partial charge < -0.3 is 24.8 Å². The van der Waals surface area contributed by atoms with Crippen LogP contribution in [0.1, 0.15) is 43.7 Å². The van der Waals surface area contributed by atoms with Gasteiger partial charge in [0.2, 0.25) is 0 Å². The zero-order valence-corrected chi connectivity index (χ0v) is 23.5. The highest BCUT2D eigenvalue weighted by Gasteiger charge is 2.44. The van der Waals surface area contributed by atoms with Crippen LogP contribution in [0.5, 0.6) is 11.5 Å². The van der Waals surface area contributed by atoms with E-state index in [1.54, 1.807) is 14.2 Å². The van der Waals surface area contributed by atoms with Crippen molar-refractivity contribution in [2.45, 2.75) is 39.2 Å². The number of carbonyl (C=O) groups excluding carboxylic acids is 1. The van der Waals surface area contributed by atoms with E-state index in [1.165, 1.54) is 0 Å². The summed E-state index contributed by atoms with van der Waals surface area (Å²) in [7, 11) is 3.21. The molecule has 206 valence electrons. The fourth-order valence-corrected chi connectivity index (χ4v) is 5.90.